The van der Waals surface area contributed by atoms with Crippen LogP contribution in [0.1, 0.15) is 31.2 Å². The van der Waals surface area contributed by atoms with Crippen LogP contribution in [0.15, 0.2) is 24.3 Å². The van der Waals surface area contributed by atoms with Gasteiger partial charge in [0, 0.05) is 25.7 Å². The highest BCUT2D eigenvalue weighted by Gasteiger charge is 2.22. The van der Waals surface area contributed by atoms with Crippen LogP contribution in [0.2, 0.25) is 0 Å². The molecule has 0 aromatic heterocycles. The first kappa shape index (κ1) is 14.4. The van der Waals surface area contributed by atoms with Gasteiger partial charge in [0.05, 0.1) is 5.69 Å². The van der Waals surface area contributed by atoms with E-state index in [9.17, 15) is 4.79 Å². The maximum atomic E-state index is 12.6. The van der Waals surface area contributed by atoms with Crippen molar-refractivity contribution in [1.82, 2.24) is 4.90 Å². The number of likely N-dealkylation sites (tertiary alicyclic amines) is 1. The molecule has 1 aliphatic heterocycles. The van der Waals surface area contributed by atoms with E-state index in [0.717, 1.165) is 25.9 Å². The van der Waals surface area contributed by atoms with Gasteiger partial charge >= 0.3 is 6.03 Å². The average Bonchev–Trinajstić information content (AvgIpc) is 2.74. The molecule has 1 aromatic rings. The van der Waals surface area contributed by atoms with Gasteiger partial charge in [-0.25, -0.2) is 4.79 Å². The minimum Gasteiger partial charge on any atom is -0.384 e. The van der Waals surface area contributed by atoms with Crippen LogP contribution in [0.4, 0.5) is 10.5 Å². The molecule has 108 valence electrons. The normalized spacial score (nSPS) is 15.6. The molecule has 0 unspecified atom stereocenters. The van der Waals surface area contributed by atoms with Gasteiger partial charge in [-0.05, 0) is 25.0 Å². The van der Waals surface area contributed by atoms with E-state index >= 15 is 0 Å². The smallest absolute Gasteiger partial charge is 0.324 e. The number of carbonyl (C=O) groups is 1. The Labute approximate surface area is 119 Å². The third-order valence-electron chi connectivity index (χ3n) is 3.72. The van der Waals surface area contributed by atoms with Crippen LogP contribution in [0.3, 0.4) is 0 Å². The Kier molecular flexibility index (Phi) is 4.61. The zero-order chi connectivity index (χ0) is 14.5. The second-order valence-electron chi connectivity index (χ2n) is 5.17. The summed E-state index contributed by atoms with van der Waals surface area (Å²) in [5.74, 6) is -0.0175. The average molecular weight is 274 g/mol. The predicted octanol–water partition coefficient (Wildman–Crippen LogP) is 2.40. The van der Waals surface area contributed by atoms with Crippen LogP contribution >= 0.6 is 0 Å². The third kappa shape index (κ3) is 3.10. The van der Waals surface area contributed by atoms with Gasteiger partial charge in [0.2, 0.25) is 0 Å². The highest BCUT2D eigenvalue weighted by Crippen LogP contribution is 2.21. The SMILES string of the molecule is CN(C(=O)N1CCCCCC1)c1ccccc1C(=N)N. The van der Waals surface area contributed by atoms with Crippen molar-refractivity contribution in [1.29, 1.82) is 5.41 Å². The number of carbonyl (C=O) groups excluding carboxylic acids is 1. The minimum absolute atomic E-state index is 0.0133. The van der Waals surface area contributed by atoms with E-state index < -0.39 is 0 Å². The number of nitrogen functional groups attached to an aromatic ring is 1. The topological polar surface area (TPSA) is 73.4 Å². The second-order valence-corrected chi connectivity index (χ2v) is 5.17. The number of urea groups is 1. The number of amidine groups is 1. The Balaban J connectivity index is 2.19. The van der Waals surface area contributed by atoms with Gasteiger partial charge in [-0.1, -0.05) is 25.0 Å². The number of benzene rings is 1. The van der Waals surface area contributed by atoms with Gasteiger partial charge in [0.15, 0.2) is 0 Å². The van der Waals surface area contributed by atoms with Crippen molar-refractivity contribution in [2.45, 2.75) is 25.7 Å². The van der Waals surface area contributed by atoms with Crippen LogP contribution in [-0.2, 0) is 0 Å². The standard InChI is InChI=1S/C15H22N4O/c1-18(13-9-5-4-8-12(13)14(16)17)15(20)19-10-6-2-3-7-11-19/h4-5,8-9H,2-3,6-7,10-11H2,1H3,(H3,16,17). The van der Waals surface area contributed by atoms with Gasteiger partial charge in [0.1, 0.15) is 5.84 Å². The van der Waals surface area contributed by atoms with Gasteiger partial charge in [-0.3, -0.25) is 10.3 Å². The van der Waals surface area contributed by atoms with Gasteiger partial charge in [0.25, 0.3) is 0 Å². The summed E-state index contributed by atoms with van der Waals surface area (Å²) in [5, 5.41) is 7.62. The molecule has 3 N–H and O–H groups in total. The first-order valence-electron chi connectivity index (χ1n) is 7.07. The van der Waals surface area contributed by atoms with Crippen molar-refractivity contribution in [2.75, 3.05) is 25.0 Å². The van der Waals surface area contributed by atoms with Crippen molar-refractivity contribution in [3.05, 3.63) is 29.8 Å². The summed E-state index contributed by atoms with van der Waals surface area (Å²) in [7, 11) is 1.75. The second kappa shape index (κ2) is 6.41. The predicted molar refractivity (Wildman–Crippen MR) is 81.3 cm³/mol. The van der Waals surface area contributed by atoms with Crippen molar-refractivity contribution >= 4 is 17.6 Å². The molecule has 0 saturated carbocycles. The molecule has 0 aliphatic carbocycles. The largest absolute Gasteiger partial charge is 0.384 e. The summed E-state index contributed by atoms with van der Waals surface area (Å²) >= 11 is 0. The lowest BCUT2D eigenvalue weighted by atomic mass is 10.1. The van der Waals surface area contributed by atoms with Crippen molar-refractivity contribution < 1.29 is 4.79 Å². The van der Waals surface area contributed by atoms with Crippen LogP contribution in [0.25, 0.3) is 0 Å². The number of hydrogen-bond acceptors (Lipinski definition) is 2. The molecular formula is C15H22N4O. The van der Waals surface area contributed by atoms with Crippen LogP contribution in [0, 0.1) is 5.41 Å². The molecule has 5 heteroatoms. The number of nitrogens with two attached hydrogens (primary N) is 1. The lowest BCUT2D eigenvalue weighted by molar-refractivity contribution is 0.208. The summed E-state index contributed by atoms with van der Waals surface area (Å²) < 4.78 is 0. The van der Waals surface area contributed by atoms with E-state index in [4.69, 9.17) is 11.1 Å². The van der Waals surface area contributed by atoms with E-state index in [2.05, 4.69) is 0 Å². The fourth-order valence-electron chi connectivity index (χ4n) is 2.57. The van der Waals surface area contributed by atoms with Crippen LogP contribution in [-0.4, -0.2) is 36.9 Å². The maximum Gasteiger partial charge on any atom is 0.324 e. The van der Waals surface area contributed by atoms with E-state index in [1.165, 1.54) is 12.8 Å². The lowest BCUT2D eigenvalue weighted by Crippen LogP contribution is -2.42. The quantitative estimate of drug-likeness (QED) is 0.642. The Morgan fingerprint density at radius 1 is 1.20 bits per heavy atom. The van der Waals surface area contributed by atoms with E-state index in [1.807, 2.05) is 23.1 Å². The molecule has 1 aliphatic rings. The molecule has 1 heterocycles. The lowest BCUT2D eigenvalue weighted by Gasteiger charge is -2.28. The molecule has 1 fully saturated rings. The molecule has 0 atom stereocenters. The Bertz CT molecular complexity index is 492. The highest BCUT2D eigenvalue weighted by molar-refractivity contribution is 6.04. The molecule has 0 bridgehead atoms. The Morgan fingerprint density at radius 2 is 1.80 bits per heavy atom. The van der Waals surface area contributed by atoms with Crippen molar-refractivity contribution in [3.63, 3.8) is 0 Å². The first-order valence-corrected chi connectivity index (χ1v) is 7.07. The van der Waals surface area contributed by atoms with Gasteiger partial charge < -0.3 is 10.6 Å². The Morgan fingerprint density at radius 3 is 2.40 bits per heavy atom. The zero-order valence-corrected chi connectivity index (χ0v) is 11.9. The highest BCUT2D eigenvalue weighted by atomic mass is 16.2. The summed E-state index contributed by atoms with van der Waals surface area (Å²) in [6.45, 7) is 1.62. The number of anilines is 1. The third-order valence-corrected chi connectivity index (χ3v) is 3.72. The van der Waals surface area contributed by atoms with E-state index in [1.54, 1.807) is 18.0 Å². The molecule has 20 heavy (non-hydrogen) atoms. The monoisotopic (exact) mass is 274 g/mol. The summed E-state index contributed by atoms with van der Waals surface area (Å²) in [6.07, 6.45) is 4.51. The molecular weight excluding hydrogens is 252 g/mol. The van der Waals surface area contributed by atoms with Crippen molar-refractivity contribution in [2.24, 2.45) is 5.73 Å². The van der Waals surface area contributed by atoms with E-state index in [-0.39, 0.29) is 11.9 Å². The minimum atomic E-state index is -0.0175. The molecule has 2 amide bonds. The number of para-hydroxylation sites is 1. The van der Waals surface area contributed by atoms with Crippen LogP contribution < -0.4 is 10.6 Å². The fourth-order valence-corrected chi connectivity index (χ4v) is 2.57. The van der Waals surface area contributed by atoms with E-state index in [0.29, 0.717) is 11.3 Å². The van der Waals surface area contributed by atoms with Crippen LogP contribution in [0.5, 0.6) is 0 Å². The summed E-state index contributed by atoms with van der Waals surface area (Å²) in [6, 6.07) is 7.26. The first-order chi connectivity index (χ1) is 9.61. The number of rotatable bonds is 2. The molecule has 5 nitrogen and oxygen atoms in total. The number of amides is 2. The molecule has 0 spiro atoms. The summed E-state index contributed by atoms with van der Waals surface area (Å²) in [5.41, 5.74) is 6.87. The Hall–Kier alpha value is -2.04. The summed E-state index contributed by atoms with van der Waals surface area (Å²) in [4.78, 5) is 16.1. The molecule has 1 aromatic carbocycles. The number of nitrogens with zero attached hydrogens (tertiary/aromatic N) is 2. The molecule has 2 rings (SSSR count). The zero-order valence-electron chi connectivity index (χ0n) is 11.9. The molecule has 0 radical (unpaired) electrons. The maximum absolute atomic E-state index is 12.6. The fraction of sp³-hybridized carbons (Fsp3) is 0.467. The molecule has 1 saturated heterocycles. The van der Waals surface area contributed by atoms with Gasteiger partial charge in [-0.2, -0.15) is 0 Å². The van der Waals surface area contributed by atoms with Crippen molar-refractivity contribution in [3.8, 4) is 0 Å². The number of hydrogen-bond donors (Lipinski definition) is 2. The number of nitrogens with one attached hydrogen (secondary N) is 1. The van der Waals surface area contributed by atoms with Gasteiger partial charge in [-0.15, -0.1) is 0 Å².